The molecule has 7 nitrogen and oxygen atoms in total. The van der Waals surface area contributed by atoms with Crippen molar-refractivity contribution in [2.75, 3.05) is 13.2 Å². The molecular formula is C15H33NO6S. The molecule has 0 heterocycles. The maximum Gasteiger partial charge on any atom is 0.397 e. The van der Waals surface area contributed by atoms with Crippen molar-refractivity contribution in [1.82, 2.24) is 0 Å². The highest BCUT2D eigenvalue weighted by atomic mass is 32.3. The van der Waals surface area contributed by atoms with Gasteiger partial charge >= 0.3 is 10.4 Å². The molecule has 0 radical (unpaired) electrons. The third-order valence-electron chi connectivity index (χ3n) is 3.06. The van der Waals surface area contributed by atoms with E-state index >= 15 is 0 Å². The Hall–Kier alpha value is -0.700. The fourth-order valence-electron chi connectivity index (χ4n) is 1.84. The number of hydrogen-bond acceptors (Lipinski definition) is 5. The molecule has 0 saturated heterocycles. The molecule has 0 aromatic heterocycles. The average molecular weight is 355 g/mol. The summed E-state index contributed by atoms with van der Waals surface area (Å²) in [6.45, 7) is 1.90. The fourth-order valence-corrected chi connectivity index (χ4v) is 2.17. The number of nitrogens with two attached hydrogens (primary N) is 1. The van der Waals surface area contributed by atoms with Crippen LogP contribution in [0.25, 0.3) is 0 Å². The first kappa shape index (κ1) is 24.6. The van der Waals surface area contributed by atoms with E-state index in [1.54, 1.807) is 0 Å². The van der Waals surface area contributed by atoms with Crippen LogP contribution in [-0.2, 0) is 19.4 Å². The van der Waals surface area contributed by atoms with Gasteiger partial charge in [0.2, 0.25) is 5.91 Å². The molecule has 8 heteroatoms. The van der Waals surface area contributed by atoms with Crippen molar-refractivity contribution in [3.05, 3.63) is 0 Å². The van der Waals surface area contributed by atoms with Gasteiger partial charge in [0.25, 0.3) is 0 Å². The Morgan fingerprint density at radius 3 is 1.83 bits per heavy atom. The molecule has 0 aliphatic heterocycles. The number of aliphatic hydroxyl groups excluding tert-OH is 1. The second kappa shape index (κ2) is 17.7. The normalized spacial score (nSPS) is 10.9. The van der Waals surface area contributed by atoms with Gasteiger partial charge in [-0.25, -0.2) is 4.18 Å². The highest BCUT2D eigenvalue weighted by Crippen LogP contribution is 2.10. The molecule has 4 N–H and O–H groups in total. The van der Waals surface area contributed by atoms with Gasteiger partial charge in [0.1, 0.15) is 0 Å². The molecular weight excluding hydrogens is 322 g/mol. The molecule has 23 heavy (non-hydrogen) atoms. The highest BCUT2D eigenvalue weighted by Gasteiger charge is 2.01. The zero-order valence-electron chi connectivity index (χ0n) is 14.2. The second-order valence-electron chi connectivity index (χ2n) is 5.37. The van der Waals surface area contributed by atoms with Gasteiger partial charge in [0, 0.05) is 13.0 Å². The van der Waals surface area contributed by atoms with Crippen LogP contribution in [0.1, 0.15) is 77.6 Å². The van der Waals surface area contributed by atoms with Crippen molar-refractivity contribution in [3.8, 4) is 0 Å². The number of primary amides is 1. The molecule has 0 atom stereocenters. The van der Waals surface area contributed by atoms with Gasteiger partial charge in [-0.15, -0.1) is 0 Å². The quantitative estimate of drug-likeness (QED) is 0.325. The number of unbranched alkanes of at least 4 members (excludes halogenated alkanes) is 8. The lowest BCUT2D eigenvalue weighted by Gasteiger charge is -2.00. The third-order valence-corrected chi connectivity index (χ3v) is 3.53. The van der Waals surface area contributed by atoms with Crippen LogP contribution in [0, 0.1) is 0 Å². The fraction of sp³-hybridized carbons (Fsp3) is 0.933. The van der Waals surface area contributed by atoms with E-state index in [1.165, 1.54) is 44.9 Å². The maximum absolute atomic E-state index is 10.4. The number of hydrogen-bond donors (Lipinski definition) is 3. The van der Waals surface area contributed by atoms with E-state index in [0.29, 0.717) is 6.42 Å². The van der Waals surface area contributed by atoms with Gasteiger partial charge in [-0.2, -0.15) is 8.42 Å². The molecule has 0 aromatic rings. The van der Waals surface area contributed by atoms with Crippen LogP contribution in [-0.4, -0.2) is 37.2 Å². The van der Waals surface area contributed by atoms with Gasteiger partial charge in [0.05, 0.1) is 6.61 Å². The van der Waals surface area contributed by atoms with Crippen LogP contribution in [0.3, 0.4) is 0 Å². The van der Waals surface area contributed by atoms with Crippen LogP contribution < -0.4 is 5.73 Å². The van der Waals surface area contributed by atoms with Crippen molar-refractivity contribution in [2.45, 2.75) is 77.6 Å². The van der Waals surface area contributed by atoms with Crippen LogP contribution in [0.2, 0.25) is 0 Å². The number of aliphatic hydroxyl groups is 1. The van der Waals surface area contributed by atoms with E-state index in [0.717, 1.165) is 12.8 Å². The molecule has 140 valence electrons. The SMILES string of the molecule is CCCCCCCCCCCC(N)=O.O=S(=O)(O)OCCCO. The van der Waals surface area contributed by atoms with Gasteiger partial charge in [-0.05, 0) is 12.8 Å². The molecule has 1 amide bonds. The average Bonchev–Trinajstić information content (AvgIpc) is 2.45. The first-order chi connectivity index (χ1) is 10.8. The van der Waals surface area contributed by atoms with Crippen LogP contribution in [0.15, 0.2) is 0 Å². The molecule has 0 saturated carbocycles. The predicted octanol–water partition coefficient (Wildman–Crippen LogP) is 2.58. The minimum absolute atomic E-state index is 0.157. The van der Waals surface area contributed by atoms with Crippen LogP contribution in [0.4, 0.5) is 0 Å². The van der Waals surface area contributed by atoms with Gasteiger partial charge in [-0.1, -0.05) is 58.3 Å². The zero-order chi connectivity index (χ0) is 18.0. The Labute approximate surface area is 140 Å². The first-order valence-corrected chi connectivity index (χ1v) is 9.71. The predicted molar refractivity (Wildman–Crippen MR) is 90.2 cm³/mol. The van der Waals surface area contributed by atoms with E-state index in [1.807, 2.05) is 0 Å². The molecule has 0 rings (SSSR count). The van der Waals surface area contributed by atoms with Gasteiger partial charge < -0.3 is 10.8 Å². The second-order valence-corrected chi connectivity index (χ2v) is 6.46. The van der Waals surface area contributed by atoms with E-state index in [4.69, 9.17) is 15.4 Å². The van der Waals surface area contributed by atoms with Crippen molar-refractivity contribution < 1.29 is 27.1 Å². The Bertz CT molecular complexity index is 359. The lowest BCUT2D eigenvalue weighted by molar-refractivity contribution is -0.118. The summed E-state index contributed by atoms with van der Waals surface area (Å²) in [6.07, 6.45) is 12.3. The summed E-state index contributed by atoms with van der Waals surface area (Å²) in [6, 6.07) is 0. The topological polar surface area (TPSA) is 127 Å². The molecule has 0 bridgehead atoms. The number of carbonyl (C=O) groups excluding carboxylic acids is 1. The van der Waals surface area contributed by atoms with Crippen molar-refractivity contribution >= 4 is 16.3 Å². The van der Waals surface area contributed by atoms with Gasteiger partial charge in [0.15, 0.2) is 0 Å². The van der Waals surface area contributed by atoms with Crippen LogP contribution >= 0.6 is 0 Å². The third kappa shape index (κ3) is 29.9. The Kier molecular flexibility index (Phi) is 18.8. The summed E-state index contributed by atoms with van der Waals surface area (Å²) in [4.78, 5) is 10.4. The van der Waals surface area contributed by atoms with E-state index in [9.17, 15) is 13.2 Å². The standard InChI is InChI=1S/C12H25NO.C3H8O5S/c1-2-3-4-5-6-7-8-9-10-11-12(13)14;4-2-1-3-8-9(5,6)7/h2-11H2,1H3,(H2,13,14);4H,1-3H2,(H,5,6,7). The van der Waals surface area contributed by atoms with Crippen molar-refractivity contribution in [2.24, 2.45) is 5.73 Å². The zero-order valence-corrected chi connectivity index (χ0v) is 15.0. The largest absolute Gasteiger partial charge is 0.397 e. The summed E-state index contributed by atoms with van der Waals surface area (Å²) in [5, 5.41) is 8.11. The van der Waals surface area contributed by atoms with E-state index in [-0.39, 0.29) is 25.5 Å². The van der Waals surface area contributed by atoms with Gasteiger partial charge in [-0.3, -0.25) is 9.35 Å². The Morgan fingerprint density at radius 1 is 0.957 bits per heavy atom. The molecule has 0 fully saturated rings. The molecule has 0 aliphatic rings. The molecule has 0 aromatic carbocycles. The summed E-state index contributed by atoms with van der Waals surface area (Å²) in [5.74, 6) is -0.159. The highest BCUT2D eigenvalue weighted by molar-refractivity contribution is 7.80. The minimum Gasteiger partial charge on any atom is -0.396 e. The van der Waals surface area contributed by atoms with Crippen molar-refractivity contribution in [1.29, 1.82) is 0 Å². The summed E-state index contributed by atoms with van der Waals surface area (Å²) < 4.78 is 31.3. The van der Waals surface area contributed by atoms with E-state index < -0.39 is 10.4 Å². The number of carbonyl (C=O) groups is 1. The maximum atomic E-state index is 10.4. The number of amides is 1. The van der Waals surface area contributed by atoms with E-state index in [2.05, 4.69) is 11.1 Å². The first-order valence-electron chi connectivity index (χ1n) is 8.34. The Morgan fingerprint density at radius 2 is 1.43 bits per heavy atom. The lowest BCUT2D eigenvalue weighted by Crippen LogP contribution is -2.09. The van der Waals surface area contributed by atoms with Crippen LogP contribution in [0.5, 0.6) is 0 Å². The molecule has 0 aliphatic carbocycles. The summed E-state index contributed by atoms with van der Waals surface area (Å²) in [7, 11) is -4.31. The molecule has 0 spiro atoms. The summed E-state index contributed by atoms with van der Waals surface area (Å²) >= 11 is 0. The Balaban J connectivity index is 0. The number of rotatable bonds is 14. The monoisotopic (exact) mass is 355 g/mol. The lowest BCUT2D eigenvalue weighted by atomic mass is 10.1. The summed E-state index contributed by atoms with van der Waals surface area (Å²) in [5.41, 5.74) is 5.05. The van der Waals surface area contributed by atoms with Crippen molar-refractivity contribution in [3.63, 3.8) is 0 Å². The minimum atomic E-state index is -4.31. The smallest absolute Gasteiger partial charge is 0.396 e. The molecule has 0 unspecified atom stereocenters.